The van der Waals surface area contributed by atoms with Crippen LogP contribution in [0.1, 0.15) is 26.2 Å². The first kappa shape index (κ1) is 15.5. The van der Waals surface area contributed by atoms with E-state index in [0.29, 0.717) is 6.04 Å². The van der Waals surface area contributed by atoms with Crippen molar-refractivity contribution in [3.63, 3.8) is 0 Å². The minimum Gasteiger partial charge on any atom is -0.380 e. The molecule has 1 aliphatic heterocycles. The van der Waals surface area contributed by atoms with Crippen molar-refractivity contribution in [3.8, 4) is 0 Å². The molecule has 1 unspecified atom stereocenters. The van der Waals surface area contributed by atoms with Crippen LogP contribution in [0.4, 0.5) is 11.4 Å². The van der Waals surface area contributed by atoms with Crippen LogP contribution in [0.2, 0.25) is 0 Å². The quantitative estimate of drug-likeness (QED) is 0.476. The lowest BCUT2D eigenvalue weighted by Crippen LogP contribution is -2.38. The van der Waals surface area contributed by atoms with E-state index in [1.807, 2.05) is 0 Å². The Morgan fingerprint density at radius 3 is 2.70 bits per heavy atom. The van der Waals surface area contributed by atoms with Gasteiger partial charge in [-0.3, -0.25) is 10.1 Å². The molecule has 1 atom stereocenters. The number of non-ortho nitro benzene ring substituents is 1. The molecular weight excluding hydrogens is 369 g/mol. The first-order valence-corrected chi connectivity index (χ1v) is 8.07. The molecule has 0 radical (unpaired) electrons. The van der Waals surface area contributed by atoms with Crippen LogP contribution < -0.4 is 5.32 Å². The normalized spacial score (nSPS) is 17.7. The first-order valence-electron chi connectivity index (χ1n) is 6.99. The van der Waals surface area contributed by atoms with Crippen molar-refractivity contribution in [2.24, 2.45) is 0 Å². The summed E-state index contributed by atoms with van der Waals surface area (Å²) in [6.07, 6.45) is 3.93. The summed E-state index contributed by atoms with van der Waals surface area (Å²) in [7, 11) is 0. The molecular formula is C14H20IN3O2. The monoisotopic (exact) mass is 389 g/mol. The van der Waals surface area contributed by atoms with Crippen molar-refractivity contribution in [1.29, 1.82) is 0 Å². The second-order valence-electron chi connectivity index (χ2n) is 5.33. The summed E-state index contributed by atoms with van der Waals surface area (Å²) in [6, 6.07) is 5.30. The molecule has 0 saturated carbocycles. The van der Waals surface area contributed by atoms with Crippen LogP contribution in [0.25, 0.3) is 0 Å². The number of rotatable bonds is 5. The average Bonchev–Trinajstić information content (AvgIpc) is 2.42. The largest absolute Gasteiger partial charge is 0.380 e. The highest BCUT2D eigenvalue weighted by molar-refractivity contribution is 14.1. The van der Waals surface area contributed by atoms with E-state index in [0.717, 1.165) is 15.8 Å². The Hall–Kier alpha value is -0.890. The number of likely N-dealkylation sites (tertiary alicyclic amines) is 1. The van der Waals surface area contributed by atoms with E-state index in [9.17, 15) is 10.1 Å². The summed E-state index contributed by atoms with van der Waals surface area (Å²) in [6.45, 7) is 5.55. The summed E-state index contributed by atoms with van der Waals surface area (Å²) in [5.41, 5.74) is 1.12. The molecule has 110 valence electrons. The molecule has 0 aromatic heterocycles. The van der Waals surface area contributed by atoms with Crippen LogP contribution in [0.15, 0.2) is 18.2 Å². The number of hydrogen-bond donors (Lipinski definition) is 1. The number of nitro benzene ring substituents is 1. The molecule has 2 rings (SSSR count). The Bertz CT molecular complexity index is 475. The zero-order valence-corrected chi connectivity index (χ0v) is 13.8. The maximum absolute atomic E-state index is 10.7. The van der Waals surface area contributed by atoms with E-state index in [1.54, 1.807) is 18.2 Å². The number of piperidine rings is 1. The van der Waals surface area contributed by atoms with Crippen LogP contribution in [-0.2, 0) is 0 Å². The van der Waals surface area contributed by atoms with Crippen molar-refractivity contribution in [2.75, 3.05) is 25.0 Å². The molecule has 1 aromatic rings. The molecule has 1 saturated heterocycles. The van der Waals surface area contributed by atoms with Gasteiger partial charge in [-0.15, -0.1) is 0 Å². The summed E-state index contributed by atoms with van der Waals surface area (Å²) in [4.78, 5) is 12.9. The van der Waals surface area contributed by atoms with Gasteiger partial charge in [0.25, 0.3) is 5.69 Å². The minimum atomic E-state index is -0.358. The van der Waals surface area contributed by atoms with E-state index in [2.05, 4.69) is 39.7 Å². The molecule has 1 fully saturated rings. The Labute approximate surface area is 133 Å². The number of nitrogens with zero attached hydrogens (tertiary/aromatic N) is 2. The third kappa shape index (κ3) is 4.31. The second-order valence-corrected chi connectivity index (χ2v) is 6.49. The maximum Gasteiger partial charge on any atom is 0.270 e. The molecule has 0 bridgehead atoms. The maximum atomic E-state index is 10.7. The first-order chi connectivity index (χ1) is 9.56. The minimum absolute atomic E-state index is 0.142. The van der Waals surface area contributed by atoms with Crippen molar-refractivity contribution in [2.45, 2.75) is 32.2 Å². The van der Waals surface area contributed by atoms with Gasteiger partial charge in [0.1, 0.15) is 0 Å². The molecule has 20 heavy (non-hydrogen) atoms. The summed E-state index contributed by atoms with van der Waals surface area (Å²) < 4.78 is 0.891. The standard InChI is InChI=1S/C14H20IN3O2/c1-11(10-17-7-3-2-4-8-17)16-14-6-5-12(18(19)20)9-13(14)15/h5-6,9,11,16H,2-4,7-8,10H2,1H3. The van der Waals surface area contributed by atoms with Crippen LogP contribution in [0, 0.1) is 13.7 Å². The van der Waals surface area contributed by atoms with Crippen molar-refractivity contribution in [3.05, 3.63) is 31.9 Å². The fourth-order valence-electron chi connectivity index (χ4n) is 2.58. The third-order valence-electron chi connectivity index (χ3n) is 3.55. The second kappa shape index (κ2) is 7.21. The van der Waals surface area contributed by atoms with Gasteiger partial charge in [-0.1, -0.05) is 6.42 Å². The summed E-state index contributed by atoms with van der Waals surface area (Å²) in [5, 5.41) is 14.2. The number of benzene rings is 1. The lowest BCUT2D eigenvalue weighted by atomic mass is 10.1. The van der Waals surface area contributed by atoms with Gasteiger partial charge in [0.05, 0.1) is 4.92 Å². The van der Waals surface area contributed by atoms with Gasteiger partial charge < -0.3 is 10.2 Å². The van der Waals surface area contributed by atoms with E-state index < -0.39 is 0 Å². The molecule has 0 aliphatic carbocycles. The van der Waals surface area contributed by atoms with Crippen molar-refractivity contribution >= 4 is 34.0 Å². The lowest BCUT2D eigenvalue weighted by molar-refractivity contribution is -0.384. The van der Waals surface area contributed by atoms with Crippen LogP contribution in [0.3, 0.4) is 0 Å². The van der Waals surface area contributed by atoms with Gasteiger partial charge in [-0.25, -0.2) is 0 Å². The Balaban J connectivity index is 1.93. The molecule has 1 aliphatic rings. The molecule has 1 heterocycles. The Kier molecular flexibility index (Phi) is 5.59. The predicted molar refractivity (Wildman–Crippen MR) is 89.2 cm³/mol. The fourth-order valence-corrected chi connectivity index (χ4v) is 3.23. The van der Waals surface area contributed by atoms with Gasteiger partial charge in [0.2, 0.25) is 0 Å². The summed E-state index contributed by atoms with van der Waals surface area (Å²) in [5.74, 6) is 0. The molecule has 1 N–H and O–H groups in total. The van der Waals surface area contributed by atoms with E-state index in [1.165, 1.54) is 32.4 Å². The number of nitrogens with one attached hydrogen (secondary N) is 1. The third-order valence-corrected chi connectivity index (χ3v) is 4.44. The number of anilines is 1. The van der Waals surface area contributed by atoms with E-state index in [-0.39, 0.29) is 10.6 Å². The highest BCUT2D eigenvalue weighted by Gasteiger charge is 2.15. The Morgan fingerprint density at radius 2 is 2.10 bits per heavy atom. The van der Waals surface area contributed by atoms with Crippen molar-refractivity contribution in [1.82, 2.24) is 4.90 Å². The number of halogens is 1. The zero-order valence-electron chi connectivity index (χ0n) is 11.6. The summed E-state index contributed by atoms with van der Waals surface area (Å²) >= 11 is 2.14. The fraction of sp³-hybridized carbons (Fsp3) is 0.571. The smallest absolute Gasteiger partial charge is 0.270 e. The van der Waals surface area contributed by atoms with E-state index >= 15 is 0 Å². The van der Waals surface area contributed by atoms with Gasteiger partial charge in [-0.05, 0) is 61.5 Å². The van der Waals surface area contributed by atoms with Crippen LogP contribution >= 0.6 is 22.6 Å². The van der Waals surface area contributed by atoms with Gasteiger partial charge in [0, 0.05) is 34.0 Å². The SMILES string of the molecule is CC(CN1CCCCC1)Nc1ccc([N+](=O)[O-])cc1I. The number of hydrogen-bond acceptors (Lipinski definition) is 4. The molecule has 1 aromatic carbocycles. The van der Waals surface area contributed by atoms with Crippen LogP contribution in [0.5, 0.6) is 0 Å². The average molecular weight is 389 g/mol. The molecule has 5 nitrogen and oxygen atoms in total. The lowest BCUT2D eigenvalue weighted by Gasteiger charge is -2.29. The van der Waals surface area contributed by atoms with Gasteiger partial charge in [0.15, 0.2) is 0 Å². The van der Waals surface area contributed by atoms with Crippen molar-refractivity contribution < 1.29 is 4.92 Å². The number of nitro groups is 1. The topological polar surface area (TPSA) is 58.4 Å². The highest BCUT2D eigenvalue weighted by Crippen LogP contribution is 2.24. The Morgan fingerprint density at radius 1 is 1.40 bits per heavy atom. The highest BCUT2D eigenvalue weighted by atomic mass is 127. The molecule has 6 heteroatoms. The van der Waals surface area contributed by atoms with Gasteiger partial charge in [-0.2, -0.15) is 0 Å². The predicted octanol–water partition coefficient (Wildman–Crippen LogP) is 3.49. The zero-order chi connectivity index (χ0) is 14.5. The van der Waals surface area contributed by atoms with Crippen LogP contribution in [-0.4, -0.2) is 35.5 Å². The van der Waals surface area contributed by atoms with Gasteiger partial charge >= 0.3 is 0 Å². The molecule has 0 spiro atoms. The van der Waals surface area contributed by atoms with E-state index in [4.69, 9.17) is 0 Å². The molecule has 0 amide bonds.